The van der Waals surface area contributed by atoms with Crippen LogP contribution in [-0.4, -0.2) is 26.3 Å². The van der Waals surface area contributed by atoms with Gasteiger partial charge in [0.05, 0.1) is 15.2 Å². The van der Waals surface area contributed by atoms with E-state index >= 15 is 0 Å². The molecule has 0 aliphatic carbocycles. The second-order valence-electron chi connectivity index (χ2n) is 6.57. The monoisotopic (exact) mass is 280 g/mol. The van der Waals surface area contributed by atoms with Gasteiger partial charge in [0.1, 0.15) is 11.3 Å². The van der Waals surface area contributed by atoms with Crippen molar-refractivity contribution in [1.82, 2.24) is 0 Å². The minimum atomic E-state index is -1.93. The molecule has 1 aromatic rings. The number of esters is 1. The summed E-state index contributed by atoms with van der Waals surface area (Å²) in [7, 11) is -0.584. The Morgan fingerprint density at radius 2 is 1.79 bits per heavy atom. The van der Waals surface area contributed by atoms with Crippen LogP contribution in [0.5, 0.6) is 5.75 Å². The molecule has 0 aliphatic heterocycles. The van der Waals surface area contributed by atoms with E-state index in [1.165, 1.54) is 7.11 Å². The van der Waals surface area contributed by atoms with Crippen molar-refractivity contribution in [2.75, 3.05) is 7.11 Å². The smallest absolute Gasteiger partial charge is 0.341 e. The summed E-state index contributed by atoms with van der Waals surface area (Å²) in [6.07, 6.45) is 0. The number of phenols is 1. The molecule has 0 radical (unpaired) electrons. The van der Waals surface area contributed by atoms with Crippen molar-refractivity contribution in [1.29, 1.82) is 0 Å². The molecule has 0 saturated carbocycles. The van der Waals surface area contributed by atoms with E-state index in [-0.39, 0.29) is 10.8 Å². The highest BCUT2D eigenvalue weighted by atomic mass is 28.3. The summed E-state index contributed by atoms with van der Waals surface area (Å²) >= 11 is 0. The minimum absolute atomic E-state index is 0.0201. The van der Waals surface area contributed by atoms with Crippen LogP contribution in [0.2, 0.25) is 18.1 Å². The Kier molecular flexibility index (Phi) is 4.15. The third-order valence-electron chi connectivity index (χ3n) is 4.20. The molecule has 0 atom stereocenters. The van der Waals surface area contributed by atoms with Gasteiger partial charge in [-0.15, -0.1) is 0 Å². The number of benzene rings is 1. The van der Waals surface area contributed by atoms with Crippen LogP contribution in [0, 0.1) is 6.92 Å². The first kappa shape index (κ1) is 15.8. The Morgan fingerprint density at radius 3 is 2.21 bits per heavy atom. The fraction of sp³-hybridized carbons (Fsp3) is 0.533. The number of carbonyl (C=O) groups excluding carboxylic acids is 1. The van der Waals surface area contributed by atoms with Gasteiger partial charge in [0.15, 0.2) is 0 Å². The standard InChI is InChI=1S/C15H24O3Si/c1-10-8-11(16)13(14(17)18-5)12(9-10)19(6,7)15(2,3)4/h8-9,16H,1-7H3. The second kappa shape index (κ2) is 5.00. The number of ether oxygens (including phenoxy) is 1. The first-order valence-electron chi connectivity index (χ1n) is 6.44. The lowest BCUT2D eigenvalue weighted by Crippen LogP contribution is -2.51. The van der Waals surface area contributed by atoms with E-state index in [4.69, 9.17) is 4.74 Å². The van der Waals surface area contributed by atoms with E-state index in [9.17, 15) is 9.90 Å². The highest BCUT2D eigenvalue weighted by molar-refractivity contribution is 6.92. The van der Waals surface area contributed by atoms with Crippen LogP contribution in [0.15, 0.2) is 12.1 Å². The molecule has 0 unspecified atom stereocenters. The Bertz CT molecular complexity index is 499. The zero-order chi connectivity index (χ0) is 15.0. The summed E-state index contributed by atoms with van der Waals surface area (Å²) in [5, 5.41) is 11.2. The average Bonchev–Trinajstić information content (AvgIpc) is 2.25. The summed E-state index contributed by atoms with van der Waals surface area (Å²) in [5.74, 6) is -0.441. The summed E-state index contributed by atoms with van der Waals surface area (Å²) < 4.78 is 4.83. The maximum atomic E-state index is 12.0. The van der Waals surface area contributed by atoms with Crippen LogP contribution in [0.3, 0.4) is 0 Å². The molecule has 3 nitrogen and oxygen atoms in total. The Hall–Kier alpha value is -1.29. The molecule has 19 heavy (non-hydrogen) atoms. The SMILES string of the molecule is COC(=O)c1c(O)cc(C)cc1[Si](C)(C)C(C)(C)C. The van der Waals surface area contributed by atoms with Gasteiger partial charge in [-0.2, -0.15) is 0 Å². The summed E-state index contributed by atoms with van der Waals surface area (Å²) in [4.78, 5) is 12.0. The zero-order valence-electron chi connectivity index (χ0n) is 12.9. The van der Waals surface area contributed by atoms with Crippen LogP contribution in [0.25, 0.3) is 0 Å². The van der Waals surface area contributed by atoms with Crippen molar-refractivity contribution in [3.05, 3.63) is 23.3 Å². The summed E-state index contributed by atoms with van der Waals surface area (Å²) in [5.41, 5.74) is 1.30. The normalized spacial score (nSPS) is 12.4. The molecular weight excluding hydrogens is 256 g/mol. The molecule has 1 aromatic carbocycles. The van der Waals surface area contributed by atoms with E-state index in [0.29, 0.717) is 5.56 Å². The Morgan fingerprint density at radius 1 is 1.26 bits per heavy atom. The molecule has 0 fully saturated rings. The number of phenolic OH excluding ortho intramolecular Hbond substituents is 1. The molecule has 0 aliphatic rings. The van der Waals surface area contributed by atoms with Gasteiger partial charge in [0.2, 0.25) is 0 Å². The highest BCUT2D eigenvalue weighted by Crippen LogP contribution is 2.37. The molecule has 0 spiro atoms. The van der Waals surface area contributed by atoms with Crippen molar-refractivity contribution < 1.29 is 14.6 Å². The van der Waals surface area contributed by atoms with Gasteiger partial charge in [0.25, 0.3) is 0 Å². The molecule has 1 rings (SSSR count). The molecule has 0 bridgehead atoms. The van der Waals surface area contributed by atoms with E-state index in [1.54, 1.807) is 6.07 Å². The van der Waals surface area contributed by atoms with E-state index < -0.39 is 14.0 Å². The second-order valence-corrected chi connectivity index (χ2v) is 11.9. The molecular formula is C15H24O3Si. The van der Waals surface area contributed by atoms with Crippen molar-refractivity contribution in [2.45, 2.75) is 45.8 Å². The fourth-order valence-electron chi connectivity index (χ4n) is 1.98. The predicted molar refractivity (Wildman–Crippen MR) is 81.0 cm³/mol. The molecule has 0 amide bonds. The van der Waals surface area contributed by atoms with Crippen LogP contribution in [0.4, 0.5) is 0 Å². The van der Waals surface area contributed by atoms with Gasteiger partial charge >= 0.3 is 5.97 Å². The first-order chi connectivity index (χ1) is 8.52. The quantitative estimate of drug-likeness (QED) is 0.668. The predicted octanol–water partition coefficient (Wildman–Crippen LogP) is 3.20. The third-order valence-corrected chi connectivity index (χ3v) is 9.69. The lowest BCUT2D eigenvalue weighted by Gasteiger charge is -2.38. The van der Waals surface area contributed by atoms with Gasteiger partial charge in [-0.3, -0.25) is 0 Å². The number of aryl methyl sites for hydroxylation is 1. The fourth-order valence-corrected chi connectivity index (χ4v) is 4.23. The van der Waals surface area contributed by atoms with Crippen molar-refractivity contribution in [3.63, 3.8) is 0 Å². The van der Waals surface area contributed by atoms with Crippen LogP contribution in [-0.2, 0) is 4.74 Å². The topological polar surface area (TPSA) is 46.5 Å². The number of carbonyl (C=O) groups is 1. The molecule has 106 valence electrons. The van der Waals surface area contributed by atoms with Crippen LogP contribution >= 0.6 is 0 Å². The zero-order valence-corrected chi connectivity index (χ0v) is 13.9. The first-order valence-corrected chi connectivity index (χ1v) is 9.44. The van der Waals surface area contributed by atoms with Crippen molar-refractivity contribution in [3.8, 4) is 5.75 Å². The molecule has 0 aromatic heterocycles. The largest absolute Gasteiger partial charge is 0.507 e. The van der Waals surface area contributed by atoms with Gasteiger partial charge in [-0.25, -0.2) is 4.79 Å². The molecule has 1 N–H and O–H groups in total. The van der Waals surface area contributed by atoms with Gasteiger partial charge in [-0.1, -0.05) is 39.9 Å². The lowest BCUT2D eigenvalue weighted by molar-refractivity contribution is 0.0599. The third kappa shape index (κ3) is 2.83. The number of hydrogen-bond donors (Lipinski definition) is 1. The van der Waals surface area contributed by atoms with Crippen molar-refractivity contribution >= 4 is 19.2 Å². The Balaban J connectivity index is 3.63. The molecule has 0 saturated heterocycles. The maximum absolute atomic E-state index is 12.0. The van der Waals surface area contributed by atoms with E-state index in [1.807, 2.05) is 13.0 Å². The summed E-state index contributed by atoms with van der Waals surface area (Å²) in [6, 6.07) is 3.63. The van der Waals surface area contributed by atoms with Crippen LogP contribution in [0.1, 0.15) is 36.7 Å². The average molecular weight is 280 g/mol. The summed E-state index contributed by atoms with van der Waals surface area (Å²) in [6.45, 7) is 12.9. The van der Waals surface area contributed by atoms with Gasteiger partial charge in [-0.05, 0) is 28.8 Å². The highest BCUT2D eigenvalue weighted by Gasteiger charge is 2.40. The van der Waals surface area contributed by atoms with Gasteiger partial charge in [0, 0.05) is 0 Å². The number of hydrogen-bond acceptors (Lipinski definition) is 3. The maximum Gasteiger partial charge on any atom is 0.341 e. The molecule has 0 heterocycles. The number of aromatic hydroxyl groups is 1. The van der Waals surface area contributed by atoms with Crippen LogP contribution < -0.4 is 5.19 Å². The number of rotatable bonds is 2. The van der Waals surface area contributed by atoms with E-state index in [0.717, 1.165) is 10.8 Å². The minimum Gasteiger partial charge on any atom is -0.507 e. The van der Waals surface area contributed by atoms with E-state index in [2.05, 4.69) is 33.9 Å². The van der Waals surface area contributed by atoms with Gasteiger partial charge < -0.3 is 9.84 Å². The van der Waals surface area contributed by atoms with Crippen molar-refractivity contribution in [2.24, 2.45) is 0 Å². The lowest BCUT2D eigenvalue weighted by atomic mass is 10.1. The number of methoxy groups -OCH3 is 1. The Labute approximate surface area is 116 Å². The molecule has 4 heteroatoms.